The Balaban J connectivity index is 1.40. The zero-order valence-corrected chi connectivity index (χ0v) is 17.9. The Morgan fingerprint density at radius 2 is 1.88 bits per heavy atom. The van der Waals surface area contributed by atoms with Crippen molar-refractivity contribution in [2.75, 3.05) is 5.32 Å². The smallest absolute Gasteiger partial charge is 0.365 e. The number of alkyl halides is 3. The standard InChI is InChI=1S/C23H23F3N6O/c1-2-18-14-11-17(30-21-8-7-15(13-27-21)23(24,25)26)20(12-14)31(18)22(33)16-5-3-4-6-19(16)32-28-9-10-29-32/h3-10,13-14,17-18,20H,2,11-12H2,1H3,(H,27,30)/t14-,17+,18+,20-/m0/s1. The first-order valence-electron chi connectivity index (χ1n) is 10.9. The van der Waals surface area contributed by atoms with Gasteiger partial charge < -0.3 is 10.2 Å². The van der Waals surface area contributed by atoms with Gasteiger partial charge in [0.15, 0.2) is 0 Å². The van der Waals surface area contributed by atoms with Crippen LogP contribution in [0.5, 0.6) is 0 Å². The minimum Gasteiger partial charge on any atom is -0.365 e. The number of pyridine rings is 1. The van der Waals surface area contributed by atoms with E-state index in [1.54, 1.807) is 18.5 Å². The van der Waals surface area contributed by atoms with Crippen molar-refractivity contribution in [2.45, 2.75) is 50.5 Å². The van der Waals surface area contributed by atoms with Gasteiger partial charge in [0.25, 0.3) is 5.91 Å². The van der Waals surface area contributed by atoms with Gasteiger partial charge in [-0.1, -0.05) is 19.1 Å². The maximum Gasteiger partial charge on any atom is 0.417 e. The molecule has 1 aliphatic heterocycles. The Bertz CT molecular complexity index is 1130. The van der Waals surface area contributed by atoms with E-state index in [2.05, 4.69) is 27.4 Å². The molecule has 7 nitrogen and oxygen atoms in total. The van der Waals surface area contributed by atoms with Gasteiger partial charge in [-0.05, 0) is 49.4 Å². The average Bonchev–Trinajstić information content (AvgIpc) is 3.55. The highest BCUT2D eigenvalue weighted by Crippen LogP contribution is 2.45. The summed E-state index contributed by atoms with van der Waals surface area (Å²) in [6.45, 7) is 2.08. The number of anilines is 1. The maximum absolute atomic E-state index is 13.8. The van der Waals surface area contributed by atoms with Crippen LogP contribution in [-0.2, 0) is 6.18 Å². The zero-order valence-electron chi connectivity index (χ0n) is 17.9. The maximum atomic E-state index is 13.8. The summed E-state index contributed by atoms with van der Waals surface area (Å²) in [4.78, 5) is 21.1. The molecule has 4 atom stereocenters. The van der Waals surface area contributed by atoms with Crippen molar-refractivity contribution in [2.24, 2.45) is 5.92 Å². The van der Waals surface area contributed by atoms with Crippen molar-refractivity contribution in [3.05, 3.63) is 66.1 Å². The summed E-state index contributed by atoms with van der Waals surface area (Å²) in [7, 11) is 0. The molecule has 1 N–H and O–H groups in total. The number of nitrogens with one attached hydrogen (secondary N) is 1. The zero-order chi connectivity index (χ0) is 23.2. The molecular formula is C23H23F3N6O. The fraction of sp³-hybridized carbons (Fsp3) is 0.391. The average molecular weight is 456 g/mol. The van der Waals surface area contributed by atoms with Gasteiger partial charge in [0.2, 0.25) is 0 Å². The minimum absolute atomic E-state index is 0.0739. The second kappa shape index (κ2) is 8.17. The van der Waals surface area contributed by atoms with Crippen LogP contribution in [0, 0.1) is 5.92 Å². The Hall–Kier alpha value is -3.43. The molecule has 2 aliphatic rings. The van der Waals surface area contributed by atoms with E-state index in [1.807, 2.05) is 23.1 Å². The van der Waals surface area contributed by atoms with Crippen molar-refractivity contribution in [3.8, 4) is 5.69 Å². The van der Waals surface area contributed by atoms with Crippen LogP contribution in [0.15, 0.2) is 55.0 Å². The number of aromatic nitrogens is 4. The van der Waals surface area contributed by atoms with Crippen LogP contribution in [0.2, 0.25) is 0 Å². The van der Waals surface area contributed by atoms with Gasteiger partial charge in [0, 0.05) is 18.3 Å². The van der Waals surface area contributed by atoms with Gasteiger partial charge in [-0.2, -0.15) is 28.2 Å². The number of carbonyl (C=O) groups excluding carboxylic acids is 1. The van der Waals surface area contributed by atoms with Gasteiger partial charge in [-0.3, -0.25) is 4.79 Å². The second-order valence-corrected chi connectivity index (χ2v) is 8.50. The van der Waals surface area contributed by atoms with E-state index in [0.29, 0.717) is 23.0 Å². The van der Waals surface area contributed by atoms with Crippen LogP contribution >= 0.6 is 0 Å². The molecule has 0 unspecified atom stereocenters. The van der Waals surface area contributed by atoms with E-state index >= 15 is 0 Å². The Morgan fingerprint density at radius 1 is 1.12 bits per heavy atom. The third-order valence-corrected chi connectivity index (χ3v) is 6.67. The summed E-state index contributed by atoms with van der Waals surface area (Å²) >= 11 is 0. The fourth-order valence-corrected chi connectivity index (χ4v) is 5.28. The molecule has 0 spiro atoms. The lowest BCUT2D eigenvalue weighted by atomic mass is 9.93. The highest BCUT2D eigenvalue weighted by atomic mass is 19.4. The molecule has 10 heteroatoms. The number of carbonyl (C=O) groups is 1. The molecule has 1 saturated carbocycles. The third kappa shape index (κ3) is 3.83. The summed E-state index contributed by atoms with van der Waals surface area (Å²) in [6, 6.07) is 9.56. The Labute approximate surface area is 188 Å². The monoisotopic (exact) mass is 456 g/mol. The minimum atomic E-state index is -4.42. The molecular weight excluding hydrogens is 433 g/mol. The van der Waals surface area contributed by atoms with Crippen molar-refractivity contribution in [1.29, 1.82) is 0 Å². The lowest BCUT2D eigenvalue weighted by molar-refractivity contribution is -0.137. The van der Waals surface area contributed by atoms with Gasteiger partial charge in [-0.25, -0.2) is 4.98 Å². The van der Waals surface area contributed by atoms with Crippen LogP contribution < -0.4 is 5.32 Å². The highest BCUT2D eigenvalue weighted by molar-refractivity contribution is 5.98. The van der Waals surface area contributed by atoms with Gasteiger partial charge in [0.05, 0.1) is 35.2 Å². The predicted molar refractivity (Wildman–Crippen MR) is 115 cm³/mol. The number of hydrogen-bond acceptors (Lipinski definition) is 5. The normalized spacial score (nSPS) is 24.3. The van der Waals surface area contributed by atoms with Crippen LogP contribution in [-0.4, -0.2) is 48.9 Å². The number of piperidine rings is 1. The summed E-state index contributed by atoms with van der Waals surface area (Å²) < 4.78 is 38.5. The molecule has 172 valence electrons. The lowest BCUT2D eigenvalue weighted by Crippen LogP contribution is -2.52. The van der Waals surface area contributed by atoms with Crippen molar-refractivity contribution >= 4 is 11.7 Å². The van der Waals surface area contributed by atoms with E-state index in [1.165, 1.54) is 10.9 Å². The van der Waals surface area contributed by atoms with Crippen LogP contribution in [0.3, 0.4) is 0 Å². The van der Waals surface area contributed by atoms with Gasteiger partial charge >= 0.3 is 6.18 Å². The molecule has 1 amide bonds. The quantitative estimate of drug-likeness (QED) is 0.624. The Kier molecular flexibility index (Phi) is 5.30. The predicted octanol–water partition coefficient (Wildman–Crippen LogP) is 4.17. The number of rotatable bonds is 5. The Morgan fingerprint density at radius 3 is 2.55 bits per heavy atom. The largest absolute Gasteiger partial charge is 0.417 e. The number of hydrogen-bond donors (Lipinski definition) is 1. The van der Waals surface area contributed by atoms with E-state index in [-0.39, 0.29) is 24.0 Å². The fourth-order valence-electron chi connectivity index (χ4n) is 5.28. The number of nitrogens with zero attached hydrogens (tertiary/aromatic N) is 5. The first kappa shape index (κ1) is 21.4. The molecule has 2 fully saturated rings. The summed E-state index contributed by atoms with van der Waals surface area (Å²) in [6.07, 6.45) is 2.06. The topological polar surface area (TPSA) is 75.9 Å². The third-order valence-electron chi connectivity index (χ3n) is 6.67. The molecule has 3 aromatic rings. The number of benzene rings is 1. The number of fused-ring (bicyclic) bond motifs is 2. The first-order chi connectivity index (χ1) is 15.9. The van der Waals surface area contributed by atoms with E-state index in [9.17, 15) is 18.0 Å². The molecule has 3 heterocycles. The first-order valence-corrected chi connectivity index (χ1v) is 10.9. The van der Waals surface area contributed by atoms with Gasteiger partial charge in [0.1, 0.15) is 5.82 Å². The summed E-state index contributed by atoms with van der Waals surface area (Å²) in [5.41, 5.74) is 0.345. The van der Waals surface area contributed by atoms with Crippen LogP contribution in [0.4, 0.5) is 19.0 Å². The van der Waals surface area contributed by atoms with Crippen LogP contribution in [0.25, 0.3) is 5.69 Å². The molecule has 2 aromatic heterocycles. The van der Waals surface area contributed by atoms with Crippen LogP contribution in [0.1, 0.15) is 42.1 Å². The van der Waals surface area contributed by atoms with E-state index < -0.39 is 11.7 Å². The lowest BCUT2D eigenvalue weighted by Gasteiger charge is -2.40. The van der Waals surface area contributed by atoms with Crippen molar-refractivity contribution < 1.29 is 18.0 Å². The number of amides is 1. The van der Waals surface area contributed by atoms with E-state index in [4.69, 9.17) is 0 Å². The molecule has 33 heavy (non-hydrogen) atoms. The number of halogens is 3. The molecule has 5 rings (SSSR count). The SMILES string of the molecule is CC[C@@H]1[C@H]2C[C@@H](Nc3ccc(C(F)(F)F)cn3)[C@H](C2)N1C(=O)c1ccccc1-n1nccn1. The van der Waals surface area contributed by atoms with Gasteiger partial charge in [-0.15, -0.1) is 0 Å². The second-order valence-electron chi connectivity index (χ2n) is 8.50. The van der Waals surface area contributed by atoms with E-state index in [0.717, 1.165) is 31.5 Å². The van der Waals surface area contributed by atoms with Crippen molar-refractivity contribution in [3.63, 3.8) is 0 Å². The number of likely N-dealkylation sites (tertiary alicyclic amines) is 1. The number of para-hydroxylation sites is 1. The highest BCUT2D eigenvalue weighted by Gasteiger charge is 2.52. The molecule has 0 radical (unpaired) electrons. The molecule has 2 bridgehead atoms. The molecule has 1 aromatic carbocycles. The molecule has 1 aliphatic carbocycles. The summed E-state index contributed by atoms with van der Waals surface area (Å²) in [5.74, 6) is 0.613. The summed E-state index contributed by atoms with van der Waals surface area (Å²) in [5, 5.41) is 11.6. The molecule has 1 saturated heterocycles. The van der Waals surface area contributed by atoms with Crippen molar-refractivity contribution in [1.82, 2.24) is 24.9 Å².